The fraction of sp³-hybridized carbons (Fsp3) is 0.765. The number of carboxylic acid groups (broad SMARTS) is 1. The third kappa shape index (κ3) is 12.4. The van der Waals surface area contributed by atoms with Crippen molar-refractivity contribution in [3.63, 3.8) is 0 Å². The smallest absolute Gasteiger partial charge is 0.307 e. The lowest BCUT2D eigenvalue weighted by Gasteiger charge is -2.28. The van der Waals surface area contributed by atoms with Crippen LogP contribution in [-0.4, -0.2) is 55.3 Å². The van der Waals surface area contributed by atoms with Gasteiger partial charge in [0.15, 0.2) is 6.10 Å². The van der Waals surface area contributed by atoms with Gasteiger partial charge in [0, 0.05) is 6.42 Å². The molecule has 0 heterocycles. The number of carbonyl (C=O) groups excluding carboxylic acids is 1. The van der Waals surface area contributed by atoms with Crippen LogP contribution < -0.4 is 0 Å². The lowest BCUT2D eigenvalue weighted by atomic mass is 10.0. The Bertz CT molecular complexity index is 392. The number of quaternary nitrogens is 1. The number of carboxylic acids is 1. The van der Waals surface area contributed by atoms with Gasteiger partial charge < -0.3 is 14.3 Å². The van der Waals surface area contributed by atoms with E-state index in [2.05, 4.69) is 19.9 Å². The Kier molecular flexibility index (Phi) is 9.02. The highest BCUT2D eigenvalue weighted by Gasteiger charge is 2.25. The van der Waals surface area contributed by atoms with Crippen LogP contribution in [-0.2, 0) is 14.3 Å². The van der Waals surface area contributed by atoms with Crippen LogP contribution >= 0.6 is 0 Å². The van der Waals surface area contributed by atoms with E-state index in [0.29, 0.717) is 17.4 Å². The molecule has 0 spiro atoms. The molecule has 0 aliphatic carbocycles. The molecule has 0 aromatic rings. The van der Waals surface area contributed by atoms with Crippen molar-refractivity contribution in [2.45, 2.75) is 52.6 Å². The Morgan fingerprint density at radius 1 is 1.18 bits per heavy atom. The van der Waals surface area contributed by atoms with E-state index in [0.717, 1.165) is 12.8 Å². The standard InChI is InChI=1S/C17H31NO4/c1-13(2)8-7-9-14(3)10-17(21)22-15(11-16(19)20)12-18(4,5)6/h8,14-15H,7,9-12H2,1-6H3/p+1. The van der Waals surface area contributed by atoms with Gasteiger partial charge in [-0.2, -0.15) is 0 Å². The highest BCUT2D eigenvalue weighted by Crippen LogP contribution is 2.14. The largest absolute Gasteiger partial charge is 0.481 e. The Morgan fingerprint density at radius 3 is 2.23 bits per heavy atom. The molecule has 5 heteroatoms. The van der Waals surface area contributed by atoms with Gasteiger partial charge >= 0.3 is 11.9 Å². The van der Waals surface area contributed by atoms with Crippen molar-refractivity contribution >= 4 is 11.9 Å². The molecule has 0 aliphatic heterocycles. The van der Waals surface area contributed by atoms with E-state index < -0.39 is 12.1 Å². The zero-order chi connectivity index (χ0) is 17.3. The average Bonchev–Trinajstić information content (AvgIpc) is 2.23. The Morgan fingerprint density at radius 2 is 1.77 bits per heavy atom. The molecule has 5 nitrogen and oxygen atoms in total. The number of hydrogen-bond acceptors (Lipinski definition) is 3. The zero-order valence-corrected chi connectivity index (χ0v) is 14.9. The van der Waals surface area contributed by atoms with Crippen molar-refractivity contribution in [3.05, 3.63) is 11.6 Å². The van der Waals surface area contributed by atoms with Gasteiger partial charge in [0.05, 0.1) is 27.6 Å². The van der Waals surface area contributed by atoms with Gasteiger partial charge in [0.2, 0.25) is 0 Å². The molecular weight excluding hydrogens is 282 g/mol. The summed E-state index contributed by atoms with van der Waals surface area (Å²) in [4.78, 5) is 22.9. The Labute approximate surface area is 134 Å². The normalized spacial score (nSPS) is 14.1. The summed E-state index contributed by atoms with van der Waals surface area (Å²) < 4.78 is 5.94. The van der Waals surface area contributed by atoms with Crippen LogP contribution in [0.2, 0.25) is 0 Å². The van der Waals surface area contributed by atoms with Gasteiger partial charge in [0.25, 0.3) is 0 Å². The number of allylic oxidation sites excluding steroid dienone is 2. The van der Waals surface area contributed by atoms with Crippen molar-refractivity contribution in [1.29, 1.82) is 0 Å². The fourth-order valence-corrected chi connectivity index (χ4v) is 2.23. The van der Waals surface area contributed by atoms with E-state index in [1.807, 2.05) is 28.1 Å². The second-order valence-electron chi connectivity index (χ2n) is 7.35. The van der Waals surface area contributed by atoms with Crippen molar-refractivity contribution in [2.24, 2.45) is 5.92 Å². The first kappa shape index (κ1) is 20.6. The van der Waals surface area contributed by atoms with E-state index >= 15 is 0 Å². The molecule has 0 fully saturated rings. The van der Waals surface area contributed by atoms with Crippen LogP contribution in [0.4, 0.5) is 0 Å². The van der Waals surface area contributed by atoms with Crippen molar-refractivity contribution in [1.82, 2.24) is 0 Å². The monoisotopic (exact) mass is 314 g/mol. The summed E-state index contributed by atoms with van der Waals surface area (Å²) in [5.41, 5.74) is 1.28. The summed E-state index contributed by atoms with van der Waals surface area (Å²) in [6, 6.07) is 0. The van der Waals surface area contributed by atoms with E-state index in [-0.39, 0.29) is 18.3 Å². The number of carbonyl (C=O) groups is 2. The maximum absolute atomic E-state index is 12.0. The molecule has 0 amide bonds. The van der Waals surface area contributed by atoms with Gasteiger partial charge in [-0.15, -0.1) is 0 Å². The van der Waals surface area contributed by atoms with Gasteiger partial charge in [0.1, 0.15) is 6.54 Å². The minimum absolute atomic E-state index is 0.145. The first-order chi connectivity index (χ1) is 9.99. The summed E-state index contributed by atoms with van der Waals surface area (Å²) in [6.45, 7) is 6.62. The Balaban J connectivity index is 4.37. The van der Waals surface area contributed by atoms with Crippen LogP contribution in [0.1, 0.15) is 46.5 Å². The van der Waals surface area contributed by atoms with Gasteiger partial charge in [-0.3, -0.25) is 9.59 Å². The van der Waals surface area contributed by atoms with Gasteiger partial charge in [-0.25, -0.2) is 0 Å². The van der Waals surface area contributed by atoms with E-state index in [4.69, 9.17) is 9.84 Å². The predicted octanol–water partition coefficient (Wildman–Crippen LogP) is 2.85. The van der Waals surface area contributed by atoms with Crippen molar-refractivity contribution in [3.8, 4) is 0 Å². The molecule has 1 N–H and O–H groups in total. The third-order valence-electron chi connectivity index (χ3n) is 3.18. The molecule has 0 aliphatic rings. The minimum Gasteiger partial charge on any atom is -0.481 e. The SMILES string of the molecule is CC(C)=CCCC(C)CC(=O)OC(CC(=O)O)C[N+](C)(C)C. The molecule has 0 radical (unpaired) electrons. The summed E-state index contributed by atoms with van der Waals surface area (Å²) in [5.74, 6) is -1.01. The number of hydrogen-bond donors (Lipinski definition) is 1. The molecule has 0 rings (SSSR count). The van der Waals surface area contributed by atoms with E-state index in [9.17, 15) is 9.59 Å². The van der Waals surface area contributed by atoms with Crippen LogP contribution in [0.5, 0.6) is 0 Å². The molecule has 128 valence electrons. The van der Waals surface area contributed by atoms with Crippen LogP contribution in [0.25, 0.3) is 0 Å². The predicted molar refractivity (Wildman–Crippen MR) is 87.5 cm³/mol. The third-order valence-corrected chi connectivity index (χ3v) is 3.18. The van der Waals surface area contributed by atoms with E-state index in [1.165, 1.54) is 5.57 Å². The second kappa shape index (κ2) is 9.62. The summed E-state index contributed by atoms with van der Waals surface area (Å²) >= 11 is 0. The zero-order valence-electron chi connectivity index (χ0n) is 14.9. The van der Waals surface area contributed by atoms with Gasteiger partial charge in [-0.1, -0.05) is 18.6 Å². The first-order valence-corrected chi connectivity index (χ1v) is 7.84. The molecule has 0 bridgehead atoms. The lowest BCUT2D eigenvalue weighted by molar-refractivity contribution is -0.873. The quantitative estimate of drug-likeness (QED) is 0.382. The number of aliphatic carboxylic acids is 1. The Hall–Kier alpha value is -1.36. The first-order valence-electron chi connectivity index (χ1n) is 7.84. The molecule has 2 unspecified atom stereocenters. The highest BCUT2D eigenvalue weighted by atomic mass is 16.5. The molecule has 22 heavy (non-hydrogen) atoms. The van der Waals surface area contributed by atoms with Crippen molar-refractivity contribution in [2.75, 3.05) is 27.7 Å². The summed E-state index contributed by atoms with van der Waals surface area (Å²) in [6.07, 6.45) is 3.66. The molecule has 2 atom stereocenters. The topological polar surface area (TPSA) is 63.6 Å². The van der Waals surface area contributed by atoms with Crippen LogP contribution in [0.3, 0.4) is 0 Å². The summed E-state index contributed by atoms with van der Waals surface area (Å²) in [7, 11) is 5.85. The van der Waals surface area contributed by atoms with Gasteiger partial charge in [-0.05, 0) is 32.6 Å². The number of esters is 1. The van der Waals surface area contributed by atoms with Crippen LogP contribution in [0.15, 0.2) is 11.6 Å². The van der Waals surface area contributed by atoms with Crippen molar-refractivity contribution < 1.29 is 23.9 Å². The molecule has 0 aromatic heterocycles. The lowest BCUT2D eigenvalue weighted by Crippen LogP contribution is -2.43. The highest BCUT2D eigenvalue weighted by molar-refractivity contribution is 5.71. The number of likely N-dealkylation sites (N-methyl/N-ethyl adjacent to an activating group) is 1. The molecule has 0 saturated carbocycles. The summed E-state index contributed by atoms with van der Waals surface area (Å²) in [5, 5.41) is 8.94. The maximum atomic E-state index is 12.0. The molecular formula is C17H32NO4+. The minimum atomic E-state index is -0.942. The van der Waals surface area contributed by atoms with Crippen LogP contribution in [0, 0.1) is 5.92 Å². The number of nitrogens with zero attached hydrogens (tertiary/aromatic N) is 1. The number of rotatable bonds is 10. The fourth-order valence-electron chi connectivity index (χ4n) is 2.23. The number of ether oxygens (including phenoxy) is 1. The second-order valence-corrected chi connectivity index (χ2v) is 7.35. The maximum Gasteiger partial charge on any atom is 0.307 e. The molecule has 0 aromatic carbocycles. The molecule has 0 saturated heterocycles. The average molecular weight is 314 g/mol. The van der Waals surface area contributed by atoms with E-state index in [1.54, 1.807) is 0 Å².